The number of pyridine rings is 1. The molecule has 114 valence electrons. The van der Waals surface area contributed by atoms with Crippen LogP contribution in [0.4, 0.5) is 0 Å². The number of carbonyl (C=O) groups excluding carboxylic acids is 1. The Morgan fingerprint density at radius 1 is 1.43 bits per heavy atom. The first-order valence-corrected chi connectivity index (χ1v) is 7.34. The van der Waals surface area contributed by atoms with Crippen molar-refractivity contribution in [2.24, 2.45) is 0 Å². The van der Waals surface area contributed by atoms with Gasteiger partial charge < -0.3 is 14.2 Å². The number of aromatic nitrogens is 3. The van der Waals surface area contributed by atoms with E-state index in [9.17, 15) is 4.79 Å². The fourth-order valence-corrected chi connectivity index (χ4v) is 2.19. The van der Waals surface area contributed by atoms with Crippen molar-refractivity contribution in [3.8, 4) is 5.88 Å². The van der Waals surface area contributed by atoms with E-state index in [0.29, 0.717) is 30.4 Å². The molecule has 0 aliphatic rings. The molecule has 0 fully saturated rings. The highest BCUT2D eigenvalue weighted by molar-refractivity contribution is 6.17. The van der Waals surface area contributed by atoms with E-state index in [4.69, 9.17) is 16.3 Å². The molecule has 2 rings (SSSR count). The number of ether oxygens (including phenoxy) is 1. The first kappa shape index (κ1) is 15.6. The second-order valence-corrected chi connectivity index (χ2v) is 5.04. The molecule has 0 saturated heterocycles. The molecule has 21 heavy (non-hydrogen) atoms. The maximum Gasteiger partial charge on any atom is 0.242 e. The molecule has 0 radical (unpaired) electrons. The smallest absolute Gasteiger partial charge is 0.242 e. The van der Waals surface area contributed by atoms with Crippen LogP contribution >= 0.6 is 11.6 Å². The maximum atomic E-state index is 12.2. The number of hydrogen-bond acceptors (Lipinski definition) is 4. The van der Waals surface area contributed by atoms with Crippen molar-refractivity contribution in [2.75, 3.05) is 26.6 Å². The Hall–Kier alpha value is -1.82. The van der Waals surface area contributed by atoms with Crippen LogP contribution in [-0.4, -0.2) is 51.9 Å². The van der Waals surface area contributed by atoms with E-state index in [0.717, 1.165) is 11.3 Å². The monoisotopic (exact) mass is 310 g/mol. The minimum atomic E-state index is 0.0113. The number of hydrogen-bond donors (Lipinski definition) is 0. The predicted molar refractivity (Wildman–Crippen MR) is 81.8 cm³/mol. The third-order valence-electron chi connectivity index (χ3n) is 3.37. The molecule has 0 unspecified atom stereocenters. The second-order valence-electron chi connectivity index (χ2n) is 4.66. The highest BCUT2D eigenvalue weighted by Crippen LogP contribution is 2.19. The number of amides is 1. The van der Waals surface area contributed by atoms with Crippen molar-refractivity contribution in [1.29, 1.82) is 0 Å². The summed E-state index contributed by atoms with van der Waals surface area (Å²) in [5.41, 5.74) is 1.38. The molecule has 0 aromatic carbocycles. The van der Waals surface area contributed by atoms with Gasteiger partial charge in [0.15, 0.2) is 5.65 Å². The fraction of sp³-hybridized carbons (Fsp3) is 0.500. The lowest BCUT2D eigenvalue weighted by molar-refractivity contribution is -0.130. The largest absolute Gasteiger partial charge is 0.481 e. The Morgan fingerprint density at radius 2 is 2.19 bits per heavy atom. The first-order valence-electron chi connectivity index (χ1n) is 6.80. The molecule has 0 saturated carbocycles. The Bertz CT molecular complexity index is 641. The van der Waals surface area contributed by atoms with E-state index >= 15 is 0 Å². The molecule has 2 heterocycles. The van der Waals surface area contributed by atoms with Gasteiger partial charge in [0.25, 0.3) is 0 Å². The standard InChI is InChI=1S/C14H19ClN4O2/c1-4-18(2)13(20)9-19-11(7-8-15)16-10-5-6-12(21-3)17-14(10)19/h5-6H,4,7-9H2,1-3H3. The van der Waals surface area contributed by atoms with Gasteiger partial charge in [-0.3, -0.25) is 4.79 Å². The number of halogens is 1. The normalized spacial score (nSPS) is 10.9. The summed E-state index contributed by atoms with van der Waals surface area (Å²) in [6.07, 6.45) is 0.587. The van der Waals surface area contributed by atoms with Gasteiger partial charge in [0.2, 0.25) is 11.8 Å². The van der Waals surface area contributed by atoms with E-state index in [-0.39, 0.29) is 12.5 Å². The van der Waals surface area contributed by atoms with E-state index in [1.165, 1.54) is 0 Å². The first-order chi connectivity index (χ1) is 10.1. The number of nitrogens with zero attached hydrogens (tertiary/aromatic N) is 4. The lowest BCUT2D eigenvalue weighted by Crippen LogP contribution is -2.30. The van der Waals surface area contributed by atoms with Crippen LogP contribution in [0.25, 0.3) is 11.2 Å². The summed E-state index contributed by atoms with van der Waals surface area (Å²) in [5.74, 6) is 1.71. The van der Waals surface area contributed by atoms with E-state index in [1.54, 1.807) is 25.1 Å². The quantitative estimate of drug-likeness (QED) is 0.762. The second kappa shape index (κ2) is 6.76. The Morgan fingerprint density at radius 3 is 2.81 bits per heavy atom. The van der Waals surface area contributed by atoms with Gasteiger partial charge >= 0.3 is 0 Å². The molecule has 1 amide bonds. The minimum absolute atomic E-state index is 0.0113. The van der Waals surface area contributed by atoms with Crippen molar-refractivity contribution in [3.63, 3.8) is 0 Å². The molecule has 0 atom stereocenters. The predicted octanol–water partition coefficient (Wildman–Crippen LogP) is 1.70. The van der Waals surface area contributed by atoms with Gasteiger partial charge in [0.1, 0.15) is 17.9 Å². The molecule has 0 spiro atoms. The number of likely N-dealkylation sites (N-methyl/N-ethyl adjacent to an activating group) is 1. The van der Waals surface area contributed by atoms with Crippen LogP contribution in [0.1, 0.15) is 12.7 Å². The van der Waals surface area contributed by atoms with E-state index < -0.39 is 0 Å². The zero-order chi connectivity index (χ0) is 15.4. The number of rotatable bonds is 6. The van der Waals surface area contributed by atoms with Crippen molar-refractivity contribution in [2.45, 2.75) is 19.9 Å². The molecular formula is C14H19ClN4O2. The lowest BCUT2D eigenvalue weighted by atomic mass is 10.4. The molecule has 7 heteroatoms. The molecule has 2 aromatic rings. The van der Waals surface area contributed by atoms with Gasteiger partial charge in [-0.05, 0) is 13.0 Å². The molecule has 0 aliphatic carbocycles. The number of methoxy groups -OCH3 is 1. The van der Waals surface area contributed by atoms with Crippen molar-refractivity contribution >= 4 is 28.7 Å². The number of carbonyl (C=O) groups is 1. The Balaban J connectivity index is 2.46. The SMILES string of the molecule is CCN(C)C(=O)Cn1c(CCCl)nc2ccc(OC)nc21. The van der Waals surface area contributed by atoms with Gasteiger partial charge in [-0.1, -0.05) is 0 Å². The summed E-state index contributed by atoms with van der Waals surface area (Å²) in [7, 11) is 3.33. The Kier molecular flexibility index (Phi) is 5.01. The van der Waals surface area contributed by atoms with Crippen LogP contribution in [0.3, 0.4) is 0 Å². The highest BCUT2D eigenvalue weighted by Gasteiger charge is 2.16. The van der Waals surface area contributed by atoms with Gasteiger partial charge in [0.05, 0.1) is 7.11 Å². The Labute approximate surface area is 128 Å². The molecule has 2 aromatic heterocycles. The van der Waals surface area contributed by atoms with Crippen LogP contribution in [0.15, 0.2) is 12.1 Å². The zero-order valence-corrected chi connectivity index (χ0v) is 13.2. The molecule has 6 nitrogen and oxygen atoms in total. The topological polar surface area (TPSA) is 60.2 Å². The van der Waals surface area contributed by atoms with Crippen LogP contribution in [0.5, 0.6) is 5.88 Å². The zero-order valence-electron chi connectivity index (χ0n) is 12.5. The fourth-order valence-electron chi connectivity index (χ4n) is 2.02. The molecule has 0 bridgehead atoms. The van der Waals surface area contributed by atoms with Gasteiger partial charge in [-0.15, -0.1) is 11.6 Å². The van der Waals surface area contributed by atoms with Crippen molar-refractivity contribution < 1.29 is 9.53 Å². The summed E-state index contributed by atoms with van der Waals surface area (Å²) < 4.78 is 6.96. The summed E-state index contributed by atoms with van der Waals surface area (Å²) in [6.45, 7) is 2.80. The summed E-state index contributed by atoms with van der Waals surface area (Å²) >= 11 is 5.83. The molecule has 0 N–H and O–H groups in total. The average Bonchev–Trinajstić information content (AvgIpc) is 2.83. The van der Waals surface area contributed by atoms with Gasteiger partial charge in [-0.2, -0.15) is 4.98 Å². The number of alkyl halides is 1. The maximum absolute atomic E-state index is 12.2. The number of aryl methyl sites for hydroxylation is 1. The van der Waals surface area contributed by atoms with Crippen molar-refractivity contribution in [1.82, 2.24) is 19.4 Å². The third kappa shape index (κ3) is 3.26. The average molecular weight is 311 g/mol. The van der Waals surface area contributed by atoms with Gasteiger partial charge in [0, 0.05) is 32.0 Å². The summed E-state index contributed by atoms with van der Waals surface area (Å²) in [5, 5.41) is 0. The minimum Gasteiger partial charge on any atom is -0.481 e. The number of fused-ring (bicyclic) bond motifs is 1. The van der Waals surface area contributed by atoms with Crippen LogP contribution < -0.4 is 4.74 Å². The van der Waals surface area contributed by atoms with Crippen molar-refractivity contribution in [3.05, 3.63) is 18.0 Å². The van der Waals surface area contributed by atoms with Crippen LogP contribution in [0.2, 0.25) is 0 Å². The van der Waals surface area contributed by atoms with E-state index in [2.05, 4.69) is 9.97 Å². The van der Waals surface area contributed by atoms with E-state index in [1.807, 2.05) is 17.6 Å². The number of imidazole rings is 1. The van der Waals surface area contributed by atoms with Crippen LogP contribution in [-0.2, 0) is 17.8 Å². The van der Waals surface area contributed by atoms with Crippen LogP contribution in [0, 0.1) is 0 Å². The van der Waals surface area contributed by atoms with Gasteiger partial charge in [-0.25, -0.2) is 4.98 Å². The summed E-state index contributed by atoms with van der Waals surface area (Å²) in [4.78, 5) is 22.7. The highest BCUT2D eigenvalue weighted by atomic mass is 35.5. The molecular weight excluding hydrogens is 292 g/mol. The summed E-state index contributed by atoms with van der Waals surface area (Å²) in [6, 6.07) is 3.59. The third-order valence-corrected chi connectivity index (χ3v) is 3.56. The molecule has 0 aliphatic heterocycles. The lowest BCUT2D eigenvalue weighted by Gasteiger charge is -2.16.